The van der Waals surface area contributed by atoms with Gasteiger partial charge in [-0.3, -0.25) is 0 Å². The van der Waals surface area contributed by atoms with E-state index in [0.717, 1.165) is 17.1 Å². The van der Waals surface area contributed by atoms with Crippen molar-refractivity contribution in [1.29, 1.82) is 0 Å². The highest BCUT2D eigenvalue weighted by Crippen LogP contribution is 2.30. The zero-order valence-corrected chi connectivity index (χ0v) is 16.2. The summed E-state index contributed by atoms with van der Waals surface area (Å²) in [4.78, 5) is 2.24. The third-order valence-electron chi connectivity index (χ3n) is 4.39. The predicted octanol–water partition coefficient (Wildman–Crippen LogP) is 7.64. The van der Waals surface area contributed by atoms with Crippen molar-refractivity contribution in [3.8, 4) is 0 Å². The van der Waals surface area contributed by atoms with Crippen LogP contribution in [0.3, 0.4) is 0 Å². The van der Waals surface area contributed by atoms with Gasteiger partial charge in [0.2, 0.25) is 0 Å². The first kappa shape index (κ1) is 19.2. The summed E-state index contributed by atoms with van der Waals surface area (Å²) in [5.41, 5.74) is 5.70. The van der Waals surface area contributed by atoms with Gasteiger partial charge in [-0.25, -0.2) is 0 Å². The molecule has 0 radical (unpaired) electrons. The Labute approximate surface area is 168 Å². The Morgan fingerprint density at radius 1 is 0.714 bits per heavy atom. The van der Waals surface area contributed by atoms with Crippen LogP contribution in [0.2, 0.25) is 0 Å². The molecule has 0 saturated heterocycles. The highest BCUT2D eigenvalue weighted by atomic mass is 15.1. The molecule has 0 aromatic heterocycles. The first-order valence-corrected chi connectivity index (χ1v) is 9.45. The molecule has 0 N–H and O–H groups in total. The van der Waals surface area contributed by atoms with Crippen molar-refractivity contribution in [2.45, 2.75) is 6.92 Å². The molecular weight excluding hydrogens is 338 g/mol. The van der Waals surface area contributed by atoms with Crippen LogP contribution in [0.25, 0.3) is 12.2 Å². The fraction of sp³-hybridized carbons (Fsp3) is 0.0370. The van der Waals surface area contributed by atoms with Crippen LogP contribution >= 0.6 is 0 Å². The lowest BCUT2D eigenvalue weighted by molar-refractivity contribution is 1.20. The van der Waals surface area contributed by atoms with Crippen molar-refractivity contribution in [1.82, 2.24) is 0 Å². The second-order valence-electron chi connectivity index (χ2n) is 6.31. The number of nitrogens with zero attached hydrogens (tertiary/aromatic N) is 1. The highest BCUT2D eigenvalue weighted by Gasteiger charge is 2.11. The first-order valence-electron chi connectivity index (χ1n) is 9.45. The molecule has 0 saturated carbocycles. The Morgan fingerprint density at radius 3 is 1.82 bits per heavy atom. The van der Waals surface area contributed by atoms with Crippen LogP contribution in [0.5, 0.6) is 0 Å². The molecule has 0 aliphatic carbocycles. The summed E-state index contributed by atoms with van der Waals surface area (Å²) in [7, 11) is 0. The zero-order valence-electron chi connectivity index (χ0n) is 16.2. The van der Waals surface area contributed by atoms with E-state index in [4.69, 9.17) is 0 Å². The Morgan fingerprint density at radius 2 is 1.25 bits per heavy atom. The van der Waals surface area contributed by atoms with E-state index in [9.17, 15) is 0 Å². The Balaban J connectivity index is 1.91. The monoisotopic (exact) mass is 363 g/mol. The second kappa shape index (κ2) is 9.94. The molecule has 0 aliphatic heterocycles. The van der Waals surface area contributed by atoms with Gasteiger partial charge in [0.05, 0.1) is 0 Å². The summed E-state index contributed by atoms with van der Waals surface area (Å²) in [5, 5.41) is 0. The van der Waals surface area contributed by atoms with E-state index in [1.807, 2.05) is 18.2 Å². The molecule has 3 aromatic rings. The number of hydrogen-bond donors (Lipinski definition) is 0. The van der Waals surface area contributed by atoms with Crippen LogP contribution in [0.1, 0.15) is 18.1 Å². The molecule has 3 aromatic carbocycles. The van der Waals surface area contributed by atoms with Gasteiger partial charge in [-0.2, -0.15) is 0 Å². The van der Waals surface area contributed by atoms with Crippen molar-refractivity contribution in [3.63, 3.8) is 0 Å². The molecule has 3 rings (SSSR count). The van der Waals surface area contributed by atoms with Gasteiger partial charge in [-0.1, -0.05) is 97.6 Å². The van der Waals surface area contributed by atoms with E-state index in [1.165, 1.54) is 11.1 Å². The van der Waals surface area contributed by atoms with E-state index >= 15 is 0 Å². The minimum absolute atomic E-state index is 1.10. The number of benzene rings is 3. The van der Waals surface area contributed by atoms with Crippen molar-refractivity contribution in [3.05, 3.63) is 133 Å². The first-order chi connectivity index (χ1) is 13.8. The smallest absolute Gasteiger partial charge is 0.0461 e. The molecule has 138 valence electrons. The van der Waals surface area contributed by atoms with E-state index in [1.54, 1.807) is 6.08 Å². The van der Waals surface area contributed by atoms with Crippen LogP contribution in [-0.4, -0.2) is 0 Å². The Kier molecular flexibility index (Phi) is 6.81. The fourth-order valence-electron chi connectivity index (χ4n) is 2.98. The van der Waals surface area contributed by atoms with Gasteiger partial charge in [-0.05, 0) is 48.4 Å². The molecule has 0 atom stereocenters. The molecule has 0 heterocycles. The van der Waals surface area contributed by atoms with Crippen molar-refractivity contribution < 1.29 is 0 Å². The minimum atomic E-state index is 1.10. The van der Waals surface area contributed by atoms with Gasteiger partial charge < -0.3 is 4.90 Å². The molecule has 28 heavy (non-hydrogen) atoms. The quantitative estimate of drug-likeness (QED) is 0.308. The fourth-order valence-corrected chi connectivity index (χ4v) is 2.98. The number of rotatable bonds is 7. The maximum absolute atomic E-state index is 3.79. The molecule has 1 nitrogen and oxygen atoms in total. The number of allylic oxidation sites excluding steroid dienone is 4. The van der Waals surface area contributed by atoms with E-state index in [-0.39, 0.29) is 0 Å². The van der Waals surface area contributed by atoms with Crippen LogP contribution in [0.4, 0.5) is 11.4 Å². The van der Waals surface area contributed by atoms with Gasteiger partial charge in [-0.15, -0.1) is 0 Å². The number of para-hydroxylation sites is 1. The second-order valence-corrected chi connectivity index (χ2v) is 6.31. The van der Waals surface area contributed by atoms with Crippen LogP contribution < -0.4 is 4.90 Å². The number of anilines is 2. The van der Waals surface area contributed by atoms with Crippen molar-refractivity contribution in [2.24, 2.45) is 0 Å². The lowest BCUT2D eigenvalue weighted by atomic mass is 10.1. The minimum Gasteiger partial charge on any atom is -0.311 e. The summed E-state index contributed by atoms with van der Waals surface area (Å²) in [6, 6.07) is 29.3. The maximum atomic E-state index is 3.79. The lowest BCUT2D eigenvalue weighted by Gasteiger charge is -2.26. The van der Waals surface area contributed by atoms with Crippen LogP contribution in [0.15, 0.2) is 122 Å². The molecule has 0 spiro atoms. The molecule has 0 aliphatic rings. The van der Waals surface area contributed by atoms with E-state index in [0.29, 0.717) is 0 Å². The normalized spacial score (nSPS) is 11.8. The topological polar surface area (TPSA) is 3.24 Å². The van der Waals surface area contributed by atoms with Gasteiger partial charge in [0.1, 0.15) is 0 Å². The third kappa shape index (κ3) is 4.99. The highest BCUT2D eigenvalue weighted by molar-refractivity contribution is 5.74. The lowest BCUT2D eigenvalue weighted by Crippen LogP contribution is -2.14. The van der Waals surface area contributed by atoms with E-state index < -0.39 is 0 Å². The van der Waals surface area contributed by atoms with Gasteiger partial charge in [0, 0.05) is 17.1 Å². The van der Waals surface area contributed by atoms with Crippen molar-refractivity contribution >= 4 is 23.5 Å². The average Bonchev–Trinajstić information content (AvgIpc) is 2.77. The Hall–Kier alpha value is -3.58. The predicted molar refractivity (Wildman–Crippen MR) is 123 cm³/mol. The molecule has 0 amide bonds. The van der Waals surface area contributed by atoms with Gasteiger partial charge in [0.25, 0.3) is 0 Å². The molecule has 1 heteroatoms. The van der Waals surface area contributed by atoms with Gasteiger partial charge >= 0.3 is 0 Å². The largest absolute Gasteiger partial charge is 0.311 e. The Bertz CT molecular complexity index is 962. The molecule has 0 unspecified atom stereocenters. The molecule has 0 bridgehead atoms. The summed E-state index contributed by atoms with van der Waals surface area (Å²) in [5.74, 6) is 0. The van der Waals surface area contributed by atoms with Crippen LogP contribution in [-0.2, 0) is 0 Å². The maximum Gasteiger partial charge on any atom is 0.0461 e. The summed E-state index contributed by atoms with van der Waals surface area (Å²) >= 11 is 0. The van der Waals surface area contributed by atoms with Gasteiger partial charge in [0.15, 0.2) is 0 Å². The molecule has 0 fully saturated rings. The number of hydrogen-bond acceptors (Lipinski definition) is 1. The average molecular weight is 364 g/mol. The summed E-state index contributed by atoms with van der Waals surface area (Å²) in [6.07, 6.45) is 12.2. The standard InChI is InChI=1S/C27H25N/c1-3-5-14-25(4-2)28(26-15-10-7-11-16-26)27-21-19-24(20-22-27)18-17-23-12-8-6-9-13-23/h3-22H,1H2,2H3/b14-5-,18-17+,25-4+. The summed E-state index contributed by atoms with van der Waals surface area (Å²) < 4.78 is 0. The van der Waals surface area contributed by atoms with Crippen molar-refractivity contribution in [2.75, 3.05) is 4.90 Å². The molecular formula is C27H25N. The zero-order chi connectivity index (χ0) is 19.6. The third-order valence-corrected chi connectivity index (χ3v) is 4.39. The SMILES string of the molecule is C=C/C=C\C(=C/C)N(c1ccccc1)c1ccc(/C=C/c2ccccc2)cc1. The van der Waals surface area contributed by atoms with E-state index in [2.05, 4.69) is 116 Å². The summed E-state index contributed by atoms with van der Waals surface area (Å²) in [6.45, 7) is 5.84. The van der Waals surface area contributed by atoms with Crippen LogP contribution in [0, 0.1) is 0 Å².